The molecule has 0 radical (unpaired) electrons. The third-order valence-electron chi connectivity index (χ3n) is 3.60. The van der Waals surface area contributed by atoms with Crippen LogP contribution in [0.3, 0.4) is 0 Å². The Hall–Kier alpha value is -1.22. The van der Waals surface area contributed by atoms with Crippen molar-refractivity contribution in [2.75, 3.05) is 0 Å². The van der Waals surface area contributed by atoms with Crippen LogP contribution >= 0.6 is 23.2 Å². The molecular weight excluding hydrogens is 307 g/mol. The molecule has 0 amide bonds. The first-order valence-corrected chi connectivity index (χ1v) is 7.55. The van der Waals surface area contributed by atoms with E-state index in [1.165, 1.54) is 0 Å². The fourth-order valence-corrected chi connectivity index (χ4v) is 3.27. The number of hydrogen-bond donors (Lipinski definition) is 1. The predicted octanol–water partition coefficient (Wildman–Crippen LogP) is 4.79. The number of aliphatic hydroxyl groups excluding tert-OH is 1. The maximum absolute atomic E-state index is 10.5. The largest absolute Gasteiger partial charge is 0.487 e. The summed E-state index contributed by atoms with van der Waals surface area (Å²) < 4.78 is 5.85. The van der Waals surface area contributed by atoms with E-state index in [2.05, 4.69) is 13.8 Å². The van der Waals surface area contributed by atoms with E-state index < -0.39 is 6.10 Å². The van der Waals surface area contributed by atoms with Gasteiger partial charge in [-0.3, -0.25) is 0 Å². The van der Waals surface area contributed by atoms with Gasteiger partial charge in [-0.05, 0) is 60.9 Å². The van der Waals surface area contributed by atoms with Crippen molar-refractivity contribution in [3.05, 3.63) is 63.1 Å². The van der Waals surface area contributed by atoms with Gasteiger partial charge >= 0.3 is 0 Å². The lowest BCUT2D eigenvalue weighted by Gasteiger charge is -2.16. The van der Waals surface area contributed by atoms with Crippen LogP contribution in [0.5, 0.6) is 5.75 Å². The lowest BCUT2D eigenvalue weighted by Crippen LogP contribution is -2.24. The summed E-state index contributed by atoms with van der Waals surface area (Å²) in [6, 6.07) is 10.9. The monoisotopic (exact) mass is 322 g/mol. The molecule has 1 N–H and O–H groups in total. The Morgan fingerprint density at radius 3 is 2.38 bits per heavy atom. The highest BCUT2D eigenvalue weighted by atomic mass is 35.5. The fourth-order valence-electron chi connectivity index (χ4n) is 2.73. The van der Waals surface area contributed by atoms with Crippen LogP contribution in [0, 0.1) is 0 Å². The number of fused-ring (bicyclic) bond motifs is 1. The average molecular weight is 323 g/mol. The summed E-state index contributed by atoms with van der Waals surface area (Å²) in [7, 11) is 0. The molecule has 21 heavy (non-hydrogen) atoms. The first-order valence-electron chi connectivity index (χ1n) is 6.80. The van der Waals surface area contributed by atoms with E-state index in [9.17, 15) is 5.11 Å². The molecule has 0 bridgehead atoms. The molecule has 0 fully saturated rings. The minimum absolute atomic E-state index is 0.189. The molecule has 0 saturated heterocycles. The molecule has 1 heterocycles. The van der Waals surface area contributed by atoms with Crippen molar-refractivity contribution < 1.29 is 9.84 Å². The molecule has 1 aliphatic rings. The fraction of sp³-hybridized carbons (Fsp3) is 0.294. The molecule has 1 unspecified atom stereocenters. The number of halogens is 2. The standard InChI is InChI=1S/C17H16Cl2O2/c1-17(2)9-12-5-10(3-4-15(12)21-17)16(20)11-6-13(18)8-14(19)7-11/h3-8,16,20H,9H2,1-2H3. The van der Waals surface area contributed by atoms with Crippen LogP contribution in [0.2, 0.25) is 10.0 Å². The van der Waals surface area contributed by atoms with Crippen LogP contribution in [0.15, 0.2) is 36.4 Å². The van der Waals surface area contributed by atoms with Crippen molar-refractivity contribution in [3.8, 4) is 5.75 Å². The SMILES string of the molecule is CC1(C)Cc2cc(C(O)c3cc(Cl)cc(Cl)c3)ccc2O1. The minimum atomic E-state index is -0.754. The van der Waals surface area contributed by atoms with Gasteiger partial charge in [-0.25, -0.2) is 0 Å². The van der Waals surface area contributed by atoms with E-state index in [4.69, 9.17) is 27.9 Å². The summed E-state index contributed by atoms with van der Waals surface area (Å²) in [6.45, 7) is 4.11. The van der Waals surface area contributed by atoms with Gasteiger partial charge in [0.1, 0.15) is 17.5 Å². The third kappa shape index (κ3) is 3.03. The van der Waals surface area contributed by atoms with Gasteiger partial charge in [0.15, 0.2) is 0 Å². The van der Waals surface area contributed by atoms with Gasteiger partial charge in [0, 0.05) is 16.5 Å². The van der Waals surface area contributed by atoms with E-state index in [1.54, 1.807) is 18.2 Å². The molecule has 0 aromatic heterocycles. The zero-order chi connectivity index (χ0) is 15.2. The Balaban J connectivity index is 1.95. The molecule has 2 aromatic carbocycles. The van der Waals surface area contributed by atoms with Crippen LogP contribution in [0.4, 0.5) is 0 Å². The van der Waals surface area contributed by atoms with Crippen molar-refractivity contribution in [1.82, 2.24) is 0 Å². The van der Waals surface area contributed by atoms with Crippen LogP contribution in [0.1, 0.15) is 36.6 Å². The van der Waals surface area contributed by atoms with Crippen molar-refractivity contribution in [2.45, 2.75) is 32.0 Å². The summed E-state index contributed by atoms with van der Waals surface area (Å²) in [5.41, 5.74) is 2.43. The van der Waals surface area contributed by atoms with Crippen LogP contribution in [-0.2, 0) is 6.42 Å². The molecule has 1 atom stereocenters. The molecule has 0 saturated carbocycles. The number of ether oxygens (including phenoxy) is 1. The second-order valence-electron chi connectivity index (χ2n) is 6.01. The summed E-state index contributed by atoms with van der Waals surface area (Å²) in [4.78, 5) is 0. The van der Waals surface area contributed by atoms with E-state index >= 15 is 0 Å². The van der Waals surface area contributed by atoms with Crippen LogP contribution in [-0.4, -0.2) is 10.7 Å². The molecule has 0 aliphatic carbocycles. The molecule has 4 heteroatoms. The minimum Gasteiger partial charge on any atom is -0.487 e. The van der Waals surface area contributed by atoms with E-state index in [0.717, 1.165) is 23.3 Å². The lowest BCUT2D eigenvalue weighted by atomic mass is 9.96. The first-order chi connectivity index (χ1) is 9.84. The van der Waals surface area contributed by atoms with Gasteiger partial charge in [-0.2, -0.15) is 0 Å². The molecular formula is C17H16Cl2O2. The number of hydrogen-bond acceptors (Lipinski definition) is 2. The van der Waals surface area contributed by atoms with Gasteiger partial charge in [-0.15, -0.1) is 0 Å². The van der Waals surface area contributed by atoms with Crippen LogP contribution in [0.25, 0.3) is 0 Å². The Bertz CT molecular complexity index is 675. The maximum atomic E-state index is 10.5. The first kappa shape index (κ1) is 14.7. The topological polar surface area (TPSA) is 29.5 Å². The van der Waals surface area contributed by atoms with Crippen LogP contribution < -0.4 is 4.74 Å². The zero-order valence-electron chi connectivity index (χ0n) is 11.9. The smallest absolute Gasteiger partial charge is 0.123 e. The molecule has 3 rings (SSSR count). The highest BCUT2D eigenvalue weighted by molar-refractivity contribution is 6.34. The van der Waals surface area contributed by atoms with E-state index in [-0.39, 0.29) is 5.60 Å². The number of benzene rings is 2. The Morgan fingerprint density at radius 2 is 1.71 bits per heavy atom. The van der Waals surface area contributed by atoms with Crippen molar-refractivity contribution >= 4 is 23.2 Å². The molecule has 0 spiro atoms. The molecule has 110 valence electrons. The van der Waals surface area contributed by atoms with Gasteiger partial charge < -0.3 is 9.84 Å². The van der Waals surface area contributed by atoms with Gasteiger partial charge in [0.25, 0.3) is 0 Å². The summed E-state index contributed by atoms with van der Waals surface area (Å²) in [5, 5.41) is 11.6. The zero-order valence-corrected chi connectivity index (χ0v) is 13.4. The Labute approximate surface area is 134 Å². The summed E-state index contributed by atoms with van der Waals surface area (Å²) in [5.74, 6) is 0.889. The second-order valence-corrected chi connectivity index (χ2v) is 6.88. The highest BCUT2D eigenvalue weighted by Gasteiger charge is 2.30. The highest BCUT2D eigenvalue weighted by Crippen LogP contribution is 2.37. The Kier molecular flexibility index (Phi) is 3.64. The summed E-state index contributed by atoms with van der Waals surface area (Å²) >= 11 is 12.0. The second kappa shape index (κ2) is 5.20. The lowest BCUT2D eigenvalue weighted by molar-refractivity contribution is 0.138. The quantitative estimate of drug-likeness (QED) is 0.861. The third-order valence-corrected chi connectivity index (χ3v) is 4.04. The van der Waals surface area contributed by atoms with Crippen molar-refractivity contribution in [3.63, 3.8) is 0 Å². The maximum Gasteiger partial charge on any atom is 0.123 e. The number of rotatable bonds is 2. The van der Waals surface area contributed by atoms with E-state index in [0.29, 0.717) is 15.6 Å². The van der Waals surface area contributed by atoms with Gasteiger partial charge in [-0.1, -0.05) is 29.3 Å². The average Bonchev–Trinajstić information content (AvgIpc) is 2.69. The molecule has 1 aliphatic heterocycles. The van der Waals surface area contributed by atoms with Gasteiger partial charge in [0.05, 0.1) is 0 Å². The van der Waals surface area contributed by atoms with E-state index in [1.807, 2.05) is 18.2 Å². The van der Waals surface area contributed by atoms with Gasteiger partial charge in [0.2, 0.25) is 0 Å². The number of aliphatic hydroxyl groups is 1. The summed E-state index contributed by atoms with van der Waals surface area (Å²) in [6.07, 6.45) is 0.0781. The predicted molar refractivity (Wildman–Crippen MR) is 85.4 cm³/mol. The molecule has 2 nitrogen and oxygen atoms in total. The normalized spacial score (nSPS) is 17.2. The van der Waals surface area contributed by atoms with Crippen molar-refractivity contribution in [1.29, 1.82) is 0 Å². The Morgan fingerprint density at radius 1 is 1.05 bits per heavy atom. The van der Waals surface area contributed by atoms with Crippen molar-refractivity contribution in [2.24, 2.45) is 0 Å². The molecule has 2 aromatic rings.